The van der Waals surface area contributed by atoms with Crippen LogP contribution < -0.4 is 10.6 Å². The van der Waals surface area contributed by atoms with E-state index in [4.69, 9.17) is 0 Å². The third-order valence-corrected chi connectivity index (χ3v) is 6.25. The molecule has 3 fully saturated rings. The highest BCUT2D eigenvalue weighted by Gasteiger charge is 2.58. The second-order valence-electron chi connectivity index (χ2n) is 7.51. The zero-order valence-electron chi connectivity index (χ0n) is 13.2. The van der Waals surface area contributed by atoms with E-state index >= 15 is 0 Å². The quantitative estimate of drug-likeness (QED) is 0.901. The number of carbonyl (C=O) groups is 1. The molecule has 1 aliphatic heterocycles. The summed E-state index contributed by atoms with van der Waals surface area (Å²) in [5.41, 5.74) is 1.52. The summed E-state index contributed by atoms with van der Waals surface area (Å²) in [4.78, 5) is 12.9. The zero-order valence-corrected chi connectivity index (χ0v) is 13.2. The van der Waals surface area contributed by atoms with Crippen LogP contribution in [0.5, 0.6) is 0 Å². The first-order valence-electron chi connectivity index (χ1n) is 8.83. The van der Waals surface area contributed by atoms with Crippen LogP contribution >= 0.6 is 0 Å². The van der Waals surface area contributed by atoms with Crippen LogP contribution in [0.2, 0.25) is 0 Å². The number of nitrogens with one attached hydrogen (secondary N) is 2. The largest absolute Gasteiger partial charge is 0.346 e. The van der Waals surface area contributed by atoms with E-state index in [9.17, 15) is 4.79 Å². The van der Waals surface area contributed by atoms with Gasteiger partial charge in [-0.1, -0.05) is 43.2 Å². The summed E-state index contributed by atoms with van der Waals surface area (Å²) < 4.78 is 0. The Balaban J connectivity index is 1.50. The minimum absolute atomic E-state index is 0.102. The summed E-state index contributed by atoms with van der Waals surface area (Å²) in [7, 11) is 0. The van der Waals surface area contributed by atoms with E-state index in [0.29, 0.717) is 11.3 Å². The fourth-order valence-corrected chi connectivity index (χ4v) is 4.74. The molecule has 3 nitrogen and oxygen atoms in total. The summed E-state index contributed by atoms with van der Waals surface area (Å²) >= 11 is 0. The molecule has 1 saturated heterocycles. The van der Waals surface area contributed by atoms with Gasteiger partial charge in [0.25, 0.3) is 0 Å². The normalized spacial score (nSPS) is 28.5. The van der Waals surface area contributed by atoms with Gasteiger partial charge in [-0.3, -0.25) is 4.79 Å². The van der Waals surface area contributed by atoms with Gasteiger partial charge in [0, 0.05) is 5.92 Å². The van der Waals surface area contributed by atoms with Crippen molar-refractivity contribution >= 4 is 5.91 Å². The van der Waals surface area contributed by atoms with E-state index in [1.807, 2.05) is 0 Å². The van der Waals surface area contributed by atoms with E-state index in [0.717, 1.165) is 32.4 Å². The first-order valence-corrected chi connectivity index (χ1v) is 8.83. The molecule has 2 N–H and O–H groups in total. The maximum Gasteiger partial charge on any atom is 0.224 e. The van der Waals surface area contributed by atoms with Crippen molar-refractivity contribution in [3.63, 3.8) is 0 Å². The molecule has 0 radical (unpaired) electrons. The van der Waals surface area contributed by atoms with E-state index in [2.05, 4.69) is 41.0 Å². The summed E-state index contributed by atoms with van der Waals surface area (Å²) in [6.07, 6.45) is 8.05. The maximum absolute atomic E-state index is 12.9. The molecular formula is C19H26N2O. The summed E-state index contributed by atoms with van der Waals surface area (Å²) in [5, 5.41) is 6.90. The van der Waals surface area contributed by atoms with Crippen molar-refractivity contribution < 1.29 is 4.79 Å². The van der Waals surface area contributed by atoms with Gasteiger partial charge >= 0.3 is 0 Å². The van der Waals surface area contributed by atoms with E-state index in [-0.39, 0.29) is 11.5 Å². The Morgan fingerprint density at radius 1 is 1.05 bits per heavy atom. The molecule has 4 rings (SSSR count). The highest BCUT2D eigenvalue weighted by atomic mass is 16.2. The molecule has 1 aromatic rings. The Morgan fingerprint density at radius 3 is 2.41 bits per heavy atom. The Bertz CT molecular complexity index is 542. The van der Waals surface area contributed by atoms with Gasteiger partial charge in [0.05, 0.1) is 5.54 Å². The van der Waals surface area contributed by atoms with Gasteiger partial charge in [-0.25, -0.2) is 0 Å². The number of benzene rings is 1. The number of carbonyl (C=O) groups excluding carboxylic acids is 1. The van der Waals surface area contributed by atoms with Crippen molar-refractivity contribution in [3.8, 4) is 0 Å². The van der Waals surface area contributed by atoms with Gasteiger partial charge in [-0.2, -0.15) is 0 Å². The van der Waals surface area contributed by atoms with Crippen molar-refractivity contribution in [3.05, 3.63) is 35.9 Å². The van der Waals surface area contributed by atoms with Crippen LogP contribution in [0.15, 0.2) is 30.3 Å². The van der Waals surface area contributed by atoms with Crippen LogP contribution in [0.1, 0.15) is 50.5 Å². The molecule has 3 aliphatic rings. The summed E-state index contributed by atoms with van der Waals surface area (Å²) in [6.45, 7) is 2.15. The van der Waals surface area contributed by atoms with E-state index in [1.54, 1.807) is 0 Å². The Hall–Kier alpha value is -1.35. The first kappa shape index (κ1) is 14.3. The SMILES string of the molecule is O=C(NC1(c2ccccc2)CCCC1)C1CC12CCNCC2. The van der Waals surface area contributed by atoms with Gasteiger partial charge < -0.3 is 10.6 Å². The highest BCUT2D eigenvalue weighted by Crippen LogP contribution is 2.59. The molecule has 1 heterocycles. The lowest BCUT2D eigenvalue weighted by molar-refractivity contribution is -0.125. The lowest BCUT2D eigenvalue weighted by Crippen LogP contribution is -2.45. The molecule has 1 unspecified atom stereocenters. The summed E-state index contributed by atoms with van der Waals surface area (Å²) in [5.74, 6) is 0.573. The predicted molar refractivity (Wildman–Crippen MR) is 87.4 cm³/mol. The van der Waals surface area contributed by atoms with Gasteiger partial charge in [0.2, 0.25) is 5.91 Å². The molecule has 22 heavy (non-hydrogen) atoms. The fraction of sp³-hybridized carbons (Fsp3) is 0.632. The molecule has 0 bridgehead atoms. The second-order valence-corrected chi connectivity index (χ2v) is 7.51. The smallest absolute Gasteiger partial charge is 0.224 e. The van der Waals surface area contributed by atoms with Crippen molar-refractivity contribution in [2.75, 3.05) is 13.1 Å². The van der Waals surface area contributed by atoms with Gasteiger partial charge in [0.15, 0.2) is 0 Å². The van der Waals surface area contributed by atoms with E-state index < -0.39 is 0 Å². The highest BCUT2D eigenvalue weighted by molar-refractivity contribution is 5.83. The maximum atomic E-state index is 12.9. The molecule has 1 amide bonds. The Morgan fingerprint density at radius 2 is 1.73 bits per heavy atom. The van der Waals surface area contributed by atoms with Gasteiger partial charge in [-0.15, -0.1) is 0 Å². The third-order valence-electron chi connectivity index (χ3n) is 6.25. The lowest BCUT2D eigenvalue weighted by atomic mass is 9.87. The average Bonchev–Trinajstić information content (AvgIpc) is 3.04. The molecular weight excluding hydrogens is 272 g/mol. The van der Waals surface area contributed by atoms with Crippen LogP contribution in [-0.4, -0.2) is 19.0 Å². The Kier molecular flexibility index (Phi) is 3.48. The number of amides is 1. The average molecular weight is 298 g/mol. The summed E-state index contributed by atoms with van der Waals surface area (Å²) in [6, 6.07) is 10.6. The van der Waals surface area contributed by atoms with Crippen molar-refractivity contribution in [1.82, 2.24) is 10.6 Å². The first-order chi connectivity index (χ1) is 10.7. The number of piperidine rings is 1. The van der Waals surface area contributed by atoms with Gasteiger partial charge in [-0.05, 0) is 56.2 Å². The molecule has 1 spiro atoms. The molecule has 2 aliphatic carbocycles. The standard InChI is InChI=1S/C19H26N2O/c22-17(16-14-18(16)10-12-20-13-11-18)21-19(8-4-5-9-19)15-6-2-1-3-7-15/h1-3,6-7,16,20H,4-5,8-14H2,(H,21,22). The second kappa shape index (κ2) is 5.38. The monoisotopic (exact) mass is 298 g/mol. The van der Waals surface area contributed by atoms with Crippen LogP contribution in [0.25, 0.3) is 0 Å². The minimum Gasteiger partial charge on any atom is -0.346 e. The van der Waals surface area contributed by atoms with Crippen LogP contribution in [0, 0.1) is 11.3 Å². The number of hydrogen-bond acceptors (Lipinski definition) is 2. The fourth-order valence-electron chi connectivity index (χ4n) is 4.74. The van der Waals surface area contributed by atoms with E-state index in [1.165, 1.54) is 31.2 Å². The van der Waals surface area contributed by atoms with Crippen LogP contribution in [0.4, 0.5) is 0 Å². The molecule has 3 heteroatoms. The van der Waals surface area contributed by atoms with Gasteiger partial charge in [0.1, 0.15) is 0 Å². The molecule has 118 valence electrons. The zero-order chi connectivity index (χ0) is 15.0. The molecule has 0 aromatic heterocycles. The molecule has 1 aromatic carbocycles. The van der Waals surface area contributed by atoms with Crippen LogP contribution in [-0.2, 0) is 10.3 Å². The third kappa shape index (κ3) is 2.36. The van der Waals surface area contributed by atoms with Crippen molar-refractivity contribution in [2.24, 2.45) is 11.3 Å². The Labute approximate surface area is 132 Å². The molecule has 1 atom stereocenters. The predicted octanol–water partition coefficient (Wildman–Crippen LogP) is 2.96. The van der Waals surface area contributed by atoms with Crippen molar-refractivity contribution in [1.29, 1.82) is 0 Å². The number of rotatable bonds is 3. The topological polar surface area (TPSA) is 41.1 Å². The minimum atomic E-state index is -0.102. The lowest BCUT2D eigenvalue weighted by Gasteiger charge is -2.32. The van der Waals surface area contributed by atoms with Crippen LogP contribution in [0.3, 0.4) is 0 Å². The van der Waals surface area contributed by atoms with Crippen molar-refractivity contribution in [2.45, 2.75) is 50.5 Å². The number of hydrogen-bond donors (Lipinski definition) is 2. The molecule has 2 saturated carbocycles.